The Morgan fingerprint density at radius 3 is 2.60 bits per heavy atom. The zero-order valence-corrected chi connectivity index (χ0v) is 12.3. The molecule has 0 spiro atoms. The van der Waals surface area contributed by atoms with E-state index in [9.17, 15) is 4.79 Å². The molecule has 3 nitrogen and oxygen atoms in total. The number of thioether (sulfide) groups is 1. The highest BCUT2D eigenvalue weighted by atomic mass is 35.5. The topological polar surface area (TPSA) is 55.1 Å². The lowest BCUT2D eigenvalue weighted by Crippen LogP contribution is -2.36. The summed E-state index contributed by atoms with van der Waals surface area (Å²) in [6, 6.07) is 15.7. The summed E-state index contributed by atoms with van der Waals surface area (Å²) in [5.41, 5.74) is 8.95. The van der Waals surface area contributed by atoms with Crippen LogP contribution in [0.25, 0.3) is 11.1 Å². The fourth-order valence-electron chi connectivity index (χ4n) is 2.11. The number of anilines is 1. The number of carbonyl (C=O) groups is 1. The van der Waals surface area contributed by atoms with Gasteiger partial charge < -0.3 is 11.1 Å². The molecule has 104 valence electrons. The molecule has 0 unspecified atom stereocenters. The van der Waals surface area contributed by atoms with E-state index in [1.807, 2.05) is 30.3 Å². The lowest BCUT2D eigenvalue weighted by Gasteiger charge is -2.11. The molecule has 5 heteroatoms. The van der Waals surface area contributed by atoms with Crippen LogP contribution in [-0.4, -0.2) is 17.7 Å². The van der Waals surface area contributed by atoms with E-state index in [4.69, 9.17) is 5.73 Å². The van der Waals surface area contributed by atoms with Gasteiger partial charge >= 0.3 is 0 Å². The standard InChI is InChI=1S/C15H14N2OS.ClH/c16-12-9-19-14-11(10-5-2-1-3-6-10)7-4-8-13(14)17-15(12)18;/h1-8,12H,9,16H2,(H,17,18);1H/t12-;/m0./s1. The smallest absolute Gasteiger partial charge is 0.242 e. The number of nitrogens with two attached hydrogens (primary N) is 1. The molecule has 0 fully saturated rings. The van der Waals surface area contributed by atoms with Crippen LogP contribution in [0.2, 0.25) is 0 Å². The van der Waals surface area contributed by atoms with Crippen molar-refractivity contribution in [3.63, 3.8) is 0 Å². The highest BCUT2D eigenvalue weighted by Gasteiger charge is 2.22. The van der Waals surface area contributed by atoms with Crippen LogP contribution in [0.5, 0.6) is 0 Å². The second-order valence-corrected chi connectivity index (χ2v) is 5.49. The zero-order chi connectivity index (χ0) is 13.2. The average molecular weight is 307 g/mol. The first-order valence-corrected chi connectivity index (χ1v) is 7.12. The number of fused-ring (bicyclic) bond motifs is 1. The van der Waals surface area contributed by atoms with Crippen LogP contribution in [0.1, 0.15) is 0 Å². The number of amides is 1. The third-order valence-corrected chi connectivity index (χ3v) is 4.36. The molecule has 0 saturated carbocycles. The van der Waals surface area contributed by atoms with Gasteiger partial charge in [-0.1, -0.05) is 42.5 Å². The van der Waals surface area contributed by atoms with Crippen LogP contribution < -0.4 is 11.1 Å². The van der Waals surface area contributed by atoms with E-state index in [-0.39, 0.29) is 18.3 Å². The van der Waals surface area contributed by atoms with Crippen molar-refractivity contribution in [3.8, 4) is 11.1 Å². The van der Waals surface area contributed by atoms with E-state index >= 15 is 0 Å². The Morgan fingerprint density at radius 1 is 1.10 bits per heavy atom. The Balaban J connectivity index is 0.00000147. The number of rotatable bonds is 1. The van der Waals surface area contributed by atoms with Crippen molar-refractivity contribution < 1.29 is 4.79 Å². The van der Waals surface area contributed by atoms with Gasteiger partial charge in [-0.3, -0.25) is 4.79 Å². The van der Waals surface area contributed by atoms with Crippen LogP contribution in [0.3, 0.4) is 0 Å². The molecule has 0 aliphatic carbocycles. The molecule has 1 heterocycles. The summed E-state index contributed by atoms with van der Waals surface area (Å²) in [6.45, 7) is 0. The molecular formula is C15H15ClN2OS. The molecule has 0 saturated heterocycles. The van der Waals surface area contributed by atoms with E-state index in [1.54, 1.807) is 11.8 Å². The lowest BCUT2D eigenvalue weighted by atomic mass is 10.0. The third kappa shape index (κ3) is 2.82. The minimum Gasteiger partial charge on any atom is -0.324 e. The number of benzene rings is 2. The van der Waals surface area contributed by atoms with Gasteiger partial charge in [-0.15, -0.1) is 24.2 Å². The van der Waals surface area contributed by atoms with Crippen molar-refractivity contribution in [2.45, 2.75) is 10.9 Å². The number of hydrogen-bond acceptors (Lipinski definition) is 3. The Bertz CT molecular complexity index is 619. The molecule has 3 N–H and O–H groups in total. The first kappa shape index (κ1) is 14.9. The van der Waals surface area contributed by atoms with Gasteiger partial charge in [0.25, 0.3) is 0 Å². The summed E-state index contributed by atoms with van der Waals surface area (Å²) in [4.78, 5) is 12.9. The summed E-state index contributed by atoms with van der Waals surface area (Å²) < 4.78 is 0. The summed E-state index contributed by atoms with van der Waals surface area (Å²) in [6.07, 6.45) is 0. The van der Waals surface area contributed by atoms with Gasteiger partial charge in [-0.05, 0) is 17.2 Å². The molecule has 1 aliphatic heterocycles. The van der Waals surface area contributed by atoms with Crippen LogP contribution in [0.15, 0.2) is 53.4 Å². The molecule has 1 atom stereocenters. The summed E-state index contributed by atoms with van der Waals surface area (Å²) in [5.74, 6) is 0.485. The van der Waals surface area contributed by atoms with Gasteiger partial charge in [-0.2, -0.15) is 0 Å². The van der Waals surface area contributed by atoms with Crippen LogP contribution in [0.4, 0.5) is 5.69 Å². The van der Waals surface area contributed by atoms with Gasteiger partial charge in [0, 0.05) is 10.6 Å². The van der Waals surface area contributed by atoms with E-state index in [0.717, 1.165) is 21.7 Å². The molecule has 3 rings (SSSR count). The fourth-order valence-corrected chi connectivity index (χ4v) is 3.22. The minimum atomic E-state index is -0.457. The molecule has 0 radical (unpaired) electrons. The largest absolute Gasteiger partial charge is 0.324 e. The number of carbonyl (C=O) groups excluding carboxylic acids is 1. The van der Waals surface area contributed by atoms with Crippen molar-refractivity contribution in [1.82, 2.24) is 0 Å². The third-order valence-electron chi connectivity index (χ3n) is 3.10. The number of halogens is 1. The monoisotopic (exact) mass is 306 g/mol. The average Bonchev–Trinajstić information content (AvgIpc) is 2.59. The minimum absolute atomic E-state index is 0. The maximum Gasteiger partial charge on any atom is 0.242 e. The van der Waals surface area contributed by atoms with E-state index in [0.29, 0.717) is 5.75 Å². The Morgan fingerprint density at radius 2 is 1.85 bits per heavy atom. The van der Waals surface area contributed by atoms with Gasteiger partial charge in [0.1, 0.15) is 0 Å². The molecule has 2 aromatic carbocycles. The number of hydrogen-bond donors (Lipinski definition) is 2. The summed E-state index contributed by atoms with van der Waals surface area (Å²) in [7, 11) is 0. The number of nitrogens with one attached hydrogen (secondary N) is 1. The molecule has 2 aromatic rings. The predicted octanol–water partition coefficient (Wildman–Crippen LogP) is 3.15. The highest BCUT2D eigenvalue weighted by molar-refractivity contribution is 7.99. The molecule has 1 aliphatic rings. The predicted molar refractivity (Wildman–Crippen MR) is 86.5 cm³/mol. The molecule has 20 heavy (non-hydrogen) atoms. The van der Waals surface area contributed by atoms with Gasteiger partial charge in [0.2, 0.25) is 5.91 Å². The molecule has 1 amide bonds. The van der Waals surface area contributed by atoms with Crippen LogP contribution >= 0.6 is 24.2 Å². The lowest BCUT2D eigenvalue weighted by molar-refractivity contribution is -0.116. The van der Waals surface area contributed by atoms with Crippen molar-refractivity contribution in [2.24, 2.45) is 5.73 Å². The van der Waals surface area contributed by atoms with Crippen molar-refractivity contribution in [3.05, 3.63) is 48.5 Å². The second kappa shape index (κ2) is 6.31. The van der Waals surface area contributed by atoms with E-state index in [2.05, 4.69) is 23.5 Å². The van der Waals surface area contributed by atoms with E-state index in [1.165, 1.54) is 0 Å². The zero-order valence-electron chi connectivity index (χ0n) is 10.7. The first-order chi connectivity index (χ1) is 9.25. The van der Waals surface area contributed by atoms with Gasteiger partial charge in [0.05, 0.1) is 11.7 Å². The highest BCUT2D eigenvalue weighted by Crippen LogP contribution is 2.38. The maximum absolute atomic E-state index is 11.8. The van der Waals surface area contributed by atoms with Gasteiger partial charge in [-0.25, -0.2) is 0 Å². The van der Waals surface area contributed by atoms with Gasteiger partial charge in [0.15, 0.2) is 0 Å². The normalized spacial score (nSPS) is 17.4. The molecular weight excluding hydrogens is 292 g/mol. The Labute approximate surface area is 128 Å². The Kier molecular flexibility index (Phi) is 4.70. The quantitative estimate of drug-likeness (QED) is 0.851. The second-order valence-electron chi connectivity index (χ2n) is 4.46. The Hall–Kier alpha value is -1.49. The van der Waals surface area contributed by atoms with Crippen molar-refractivity contribution >= 4 is 35.8 Å². The summed E-state index contributed by atoms with van der Waals surface area (Å²) in [5, 5.41) is 2.90. The summed E-state index contributed by atoms with van der Waals surface area (Å²) >= 11 is 1.63. The fraction of sp³-hybridized carbons (Fsp3) is 0.133. The van der Waals surface area contributed by atoms with E-state index < -0.39 is 6.04 Å². The first-order valence-electron chi connectivity index (χ1n) is 6.13. The SMILES string of the molecule is Cl.N[C@H]1CSc2c(cccc2-c2ccccc2)NC1=O. The molecule has 0 bridgehead atoms. The van der Waals surface area contributed by atoms with Crippen molar-refractivity contribution in [2.75, 3.05) is 11.1 Å². The molecule has 0 aromatic heterocycles. The van der Waals surface area contributed by atoms with Crippen molar-refractivity contribution in [1.29, 1.82) is 0 Å². The maximum atomic E-state index is 11.8. The van der Waals surface area contributed by atoms with Crippen LogP contribution in [-0.2, 0) is 4.79 Å². The van der Waals surface area contributed by atoms with Crippen LogP contribution in [0, 0.1) is 0 Å².